The number of hydrogen-bond acceptors (Lipinski definition) is 4. The SMILES string of the molecule is CNC1(C)C=C(N)NN1. The first-order chi connectivity index (χ1) is 4.16. The normalized spacial score (nSPS) is 33.8. The quantitative estimate of drug-likeness (QED) is 0.359. The van der Waals surface area contributed by atoms with Crippen LogP contribution < -0.4 is 21.9 Å². The average Bonchev–Trinajstić information content (AvgIpc) is 2.13. The summed E-state index contributed by atoms with van der Waals surface area (Å²) >= 11 is 0. The van der Waals surface area contributed by atoms with E-state index >= 15 is 0 Å². The van der Waals surface area contributed by atoms with Gasteiger partial charge in [-0.1, -0.05) is 0 Å². The zero-order chi connectivity index (χ0) is 6.91. The summed E-state index contributed by atoms with van der Waals surface area (Å²) in [4.78, 5) is 0. The van der Waals surface area contributed by atoms with Gasteiger partial charge in [0.25, 0.3) is 0 Å². The van der Waals surface area contributed by atoms with Gasteiger partial charge < -0.3 is 11.2 Å². The van der Waals surface area contributed by atoms with E-state index in [-0.39, 0.29) is 5.66 Å². The first-order valence-corrected chi connectivity index (χ1v) is 2.87. The van der Waals surface area contributed by atoms with Crippen LogP contribution in [0.3, 0.4) is 0 Å². The number of likely N-dealkylation sites (N-methyl/N-ethyl adjacent to an activating group) is 1. The Morgan fingerprint density at radius 3 is 2.67 bits per heavy atom. The summed E-state index contributed by atoms with van der Waals surface area (Å²) in [6.07, 6.45) is 1.88. The van der Waals surface area contributed by atoms with Crippen LogP contribution in [-0.2, 0) is 0 Å². The van der Waals surface area contributed by atoms with Gasteiger partial charge in [-0.2, -0.15) is 0 Å². The molecule has 9 heavy (non-hydrogen) atoms. The lowest BCUT2D eigenvalue weighted by molar-refractivity contribution is 0.378. The maximum Gasteiger partial charge on any atom is 0.110 e. The topological polar surface area (TPSA) is 62.1 Å². The van der Waals surface area contributed by atoms with Gasteiger partial charge in [0.1, 0.15) is 11.5 Å². The van der Waals surface area contributed by atoms with E-state index in [1.807, 2.05) is 20.0 Å². The molecule has 0 aromatic rings. The highest BCUT2D eigenvalue weighted by Gasteiger charge is 2.23. The first kappa shape index (κ1) is 6.38. The van der Waals surface area contributed by atoms with Crippen LogP contribution in [0.2, 0.25) is 0 Å². The molecule has 0 saturated carbocycles. The van der Waals surface area contributed by atoms with Crippen molar-refractivity contribution in [2.45, 2.75) is 12.6 Å². The van der Waals surface area contributed by atoms with Gasteiger partial charge in [-0.05, 0) is 20.0 Å². The van der Waals surface area contributed by atoms with Gasteiger partial charge in [-0.25, -0.2) is 5.43 Å². The van der Waals surface area contributed by atoms with E-state index in [1.165, 1.54) is 0 Å². The van der Waals surface area contributed by atoms with Crippen molar-refractivity contribution in [3.8, 4) is 0 Å². The Morgan fingerprint density at radius 2 is 2.44 bits per heavy atom. The van der Waals surface area contributed by atoms with Crippen molar-refractivity contribution >= 4 is 0 Å². The third-order valence-corrected chi connectivity index (χ3v) is 1.43. The second-order valence-electron chi connectivity index (χ2n) is 2.30. The van der Waals surface area contributed by atoms with Crippen LogP contribution in [0, 0.1) is 0 Å². The predicted molar refractivity (Wildman–Crippen MR) is 36.0 cm³/mol. The summed E-state index contributed by atoms with van der Waals surface area (Å²) in [5.74, 6) is 0.659. The summed E-state index contributed by atoms with van der Waals surface area (Å²) in [5, 5.41) is 3.04. The molecule has 0 aliphatic carbocycles. The molecule has 0 saturated heterocycles. The molecule has 4 nitrogen and oxygen atoms in total. The van der Waals surface area contributed by atoms with Crippen molar-refractivity contribution in [3.63, 3.8) is 0 Å². The molecule has 5 N–H and O–H groups in total. The molecule has 0 bridgehead atoms. The summed E-state index contributed by atoms with van der Waals surface area (Å²) < 4.78 is 0. The molecule has 0 fully saturated rings. The van der Waals surface area contributed by atoms with Crippen LogP contribution in [0.25, 0.3) is 0 Å². The zero-order valence-electron chi connectivity index (χ0n) is 5.65. The fourth-order valence-electron chi connectivity index (χ4n) is 0.720. The number of rotatable bonds is 1. The van der Waals surface area contributed by atoms with E-state index in [0.29, 0.717) is 5.82 Å². The summed E-state index contributed by atoms with van der Waals surface area (Å²) in [6, 6.07) is 0. The van der Waals surface area contributed by atoms with Crippen molar-refractivity contribution < 1.29 is 0 Å². The Hall–Kier alpha value is -0.740. The Labute approximate surface area is 54.5 Å². The lowest BCUT2D eigenvalue weighted by Gasteiger charge is -2.19. The molecule has 1 rings (SSSR count). The maximum atomic E-state index is 5.43. The molecular formula is C5H12N4. The fraction of sp³-hybridized carbons (Fsp3) is 0.600. The second kappa shape index (κ2) is 1.89. The monoisotopic (exact) mass is 128 g/mol. The van der Waals surface area contributed by atoms with E-state index in [0.717, 1.165) is 0 Å². The first-order valence-electron chi connectivity index (χ1n) is 2.87. The van der Waals surface area contributed by atoms with Gasteiger partial charge in [0.05, 0.1) is 0 Å². The summed E-state index contributed by atoms with van der Waals surface area (Å²) in [6.45, 7) is 1.99. The van der Waals surface area contributed by atoms with E-state index in [1.54, 1.807) is 0 Å². The molecule has 1 unspecified atom stereocenters. The fourth-order valence-corrected chi connectivity index (χ4v) is 0.720. The smallest absolute Gasteiger partial charge is 0.110 e. The lowest BCUT2D eigenvalue weighted by Crippen LogP contribution is -2.51. The van der Waals surface area contributed by atoms with Crippen molar-refractivity contribution in [1.29, 1.82) is 0 Å². The Morgan fingerprint density at radius 1 is 1.78 bits per heavy atom. The maximum absolute atomic E-state index is 5.43. The van der Waals surface area contributed by atoms with Gasteiger partial charge in [-0.3, -0.25) is 5.32 Å². The van der Waals surface area contributed by atoms with Crippen LogP contribution in [0.4, 0.5) is 0 Å². The van der Waals surface area contributed by atoms with Gasteiger partial charge in [0.2, 0.25) is 0 Å². The third kappa shape index (κ3) is 1.14. The number of hydrogen-bond donors (Lipinski definition) is 4. The minimum atomic E-state index is -0.190. The van der Waals surface area contributed by atoms with Crippen LogP contribution >= 0.6 is 0 Å². The lowest BCUT2D eigenvalue weighted by atomic mass is 10.2. The standard InChI is InChI=1S/C5H12N4/c1-5(7-2)3-4(6)8-9-5/h3,7-9H,6H2,1-2H3. The van der Waals surface area contributed by atoms with E-state index < -0.39 is 0 Å². The molecule has 0 radical (unpaired) electrons. The highest BCUT2D eigenvalue weighted by atomic mass is 15.5. The Bertz CT molecular complexity index is 142. The number of nitrogens with one attached hydrogen (secondary N) is 3. The molecule has 0 aromatic carbocycles. The highest BCUT2D eigenvalue weighted by molar-refractivity contribution is 5.12. The molecule has 0 aromatic heterocycles. The highest BCUT2D eigenvalue weighted by Crippen LogP contribution is 2.04. The van der Waals surface area contributed by atoms with Crippen molar-refractivity contribution in [1.82, 2.24) is 16.2 Å². The summed E-state index contributed by atoms with van der Waals surface area (Å²) in [5.41, 5.74) is 11.0. The van der Waals surface area contributed by atoms with E-state index in [9.17, 15) is 0 Å². The average molecular weight is 128 g/mol. The van der Waals surface area contributed by atoms with Crippen LogP contribution in [0.5, 0.6) is 0 Å². The molecule has 1 aliphatic rings. The number of hydrazine groups is 1. The molecule has 4 heteroatoms. The van der Waals surface area contributed by atoms with E-state index in [4.69, 9.17) is 5.73 Å². The zero-order valence-corrected chi connectivity index (χ0v) is 5.65. The minimum Gasteiger partial charge on any atom is -0.385 e. The Kier molecular flexibility index (Phi) is 1.34. The molecule has 52 valence electrons. The third-order valence-electron chi connectivity index (χ3n) is 1.43. The summed E-state index contributed by atoms with van der Waals surface area (Å²) in [7, 11) is 1.86. The van der Waals surface area contributed by atoms with Crippen molar-refractivity contribution in [2.75, 3.05) is 7.05 Å². The van der Waals surface area contributed by atoms with Crippen LogP contribution in [0.15, 0.2) is 11.9 Å². The van der Waals surface area contributed by atoms with Gasteiger partial charge >= 0.3 is 0 Å². The van der Waals surface area contributed by atoms with E-state index in [2.05, 4.69) is 16.2 Å². The van der Waals surface area contributed by atoms with Gasteiger partial charge in [0, 0.05) is 0 Å². The van der Waals surface area contributed by atoms with Crippen LogP contribution in [-0.4, -0.2) is 12.7 Å². The molecular weight excluding hydrogens is 116 g/mol. The largest absolute Gasteiger partial charge is 0.385 e. The molecule has 1 aliphatic heterocycles. The second-order valence-corrected chi connectivity index (χ2v) is 2.30. The van der Waals surface area contributed by atoms with Gasteiger partial charge in [-0.15, -0.1) is 0 Å². The Balaban J connectivity index is 2.64. The molecule has 0 amide bonds. The molecule has 1 heterocycles. The van der Waals surface area contributed by atoms with Gasteiger partial charge in [0.15, 0.2) is 0 Å². The molecule has 1 atom stereocenters. The van der Waals surface area contributed by atoms with Crippen molar-refractivity contribution in [2.24, 2.45) is 5.73 Å². The predicted octanol–water partition coefficient (Wildman–Crippen LogP) is -1.17. The molecule has 0 spiro atoms. The minimum absolute atomic E-state index is 0.190. The number of nitrogens with two attached hydrogens (primary N) is 1. The van der Waals surface area contributed by atoms with Crippen LogP contribution in [0.1, 0.15) is 6.92 Å². The van der Waals surface area contributed by atoms with Crippen molar-refractivity contribution in [3.05, 3.63) is 11.9 Å².